The molecular weight excluding hydrogens is 560 g/mol. The number of amides is 2. The molecule has 6 rings (SSSR count). The van der Waals surface area contributed by atoms with Crippen molar-refractivity contribution in [2.75, 3.05) is 5.32 Å². The van der Waals surface area contributed by atoms with Crippen LogP contribution in [-0.4, -0.2) is 38.0 Å². The van der Waals surface area contributed by atoms with Crippen LogP contribution in [0.1, 0.15) is 84.3 Å². The highest BCUT2D eigenvalue weighted by Gasteiger charge is 2.45. The summed E-state index contributed by atoms with van der Waals surface area (Å²) in [5.41, 5.74) is 5.54. The Balaban J connectivity index is 1.24. The average Bonchev–Trinajstić information content (AvgIpc) is 3.71. The van der Waals surface area contributed by atoms with Gasteiger partial charge in [-0.15, -0.1) is 11.3 Å². The maximum atomic E-state index is 13.6. The monoisotopic (exact) mass is 596 g/mol. The number of anilines is 1. The lowest BCUT2D eigenvalue weighted by Crippen LogP contribution is -2.61. The molecule has 2 fully saturated rings. The number of aryl methyl sites for hydroxylation is 2. The van der Waals surface area contributed by atoms with Gasteiger partial charge in [0, 0.05) is 40.2 Å². The van der Waals surface area contributed by atoms with Gasteiger partial charge in [-0.2, -0.15) is 0 Å². The number of fused-ring (bicyclic) bond motifs is 1. The van der Waals surface area contributed by atoms with E-state index in [2.05, 4.69) is 33.7 Å². The van der Waals surface area contributed by atoms with Gasteiger partial charge in [-0.1, -0.05) is 31.0 Å². The highest BCUT2D eigenvalue weighted by Crippen LogP contribution is 2.45. The van der Waals surface area contributed by atoms with Crippen LogP contribution in [0.25, 0.3) is 28.4 Å². The van der Waals surface area contributed by atoms with Gasteiger partial charge in [0.05, 0.1) is 16.4 Å². The molecule has 0 bridgehead atoms. The van der Waals surface area contributed by atoms with Crippen LogP contribution in [0.2, 0.25) is 0 Å². The molecule has 0 saturated heterocycles. The van der Waals surface area contributed by atoms with E-state index in [4.69, 9.17) is 10.1 Å². The predicted octanol–water partition coefficient (Wildman–Crippen LogP) is 7.05. The first-order valence-corrected chi connectivity index (χ1v) is 15.7. The molecule has 8 nitrogen and oxygen atoms in total. The Morgan fingerprint density at radius 1 is 1.07 bits per heavy atom. The molecule has 2 amide bonds. The van der Waals surface area contributed by atoms with E-state index in [1.165, 1.54) is 30.7 Å². The Kier molecular flexibility index (Phi) is 7.68. The molecule has 0 aliphatic heterocycles. The van der Waals surface area contributed by atoms with Crippen LogP contribution < -0.4 is 10.6 Å². The number of hydrogen-bond acceptors (Lipinski definition) is 5. The summed E-state index contributed by atoms with van der Waals surface area (Å²) in [6, 6.07) is 12.9. The summed E-state index contributed by atoms with van der Waals surface area (Å²) in [5, 5.41) is 19.4. The Morgan fingerprint density at radius 2 is 1.79 bits per heavy atom. The quantitative estimate of drug-likeness (QED) is 0.189. The van der Waals surface area contributed by atoms with E-state index in [1.54, 1.807) is 41.7 Å². The summed E-state index contributed by atoms with van der Waals surface area (Å²) >= 11 is 1.65. The molecule has 222 valence electrons. The van der Waals surface area contributed by atoms with E-state index >= 15 is 0 Å². The van der Waals surface area contributed by atoms with Crippen LogP contribution in [0.4, 0.5) is 5.69 Å². The van der Waals surface area contributed by atoms with E-state index in [-0.39, 0.29) is 17.4 Å². The minimum atomic E-state index is -0.976. The number of carboxylic acids is 1. The molecule has 2 heterocycles. The molecule has 9 heteroatoms. The molecule has 4 aromatic rings. The number of hydrogen-bond donors (Lipinski definition) is 3. The lowest BCUT2D eigenvalue weighted by atomic mass is 9.75. The Morgan fingerprint density at radius 3 is 2.40 bits per heavy atom. The number of aromatic nitrogens is 2. The van der Waals surface area contributed by atoms with E-state index in [9.17, 15) is 14.4 Å². The third kappa shape index (κ3) is 5.49. The highest BCUT2D eigenvalue weighted by molar-refractivity contribution is 7.09. The first kappa shape index (κ1) is 28.9. The zero-order valence-corrected chi connectivity index (χ0v) is 25.5. The van der Waals surface area contributed by atoms with Crippen molar-refractivity contribution in [2.24, 2.45) is 7.05 Å². The number of rotatable bonds is 8. The van der Waals surface area contributed by atoms with Crippen molar-refractivity contribution < 1.29 is 19.5 Å². The van der Waals surface area contributed by atoms with Gasteiger partial charge in [0.1, 0.15) is 5.54 Å². The van der Waals surface area contributed by atoms with Gasteiger partial charge in [0.25, 0.3) is 5.91 Å². The third-order valence-electron chi connectivity index (χ3n) is 9.01. The van der Waals surface area contributed by atoms with Crippen LogP contribution in [-0.2, 0) is 16.6 Å². The molecule has 0 spiro atoms. The Hall–Kier alpha value is -4.24. The average molecular weight is 597 g/mol. The topological polar surface area (TPSA) is 113 Å². The van der Waals surface area contributed by atoms with Crippen LogP contribution in [0.15, 0.2) is 53.4 Å². The second-order valence-corrected chi connectivity index (χ2v) is 12.9. The van der Waals surface area contributed by atoms with Gasteiger partial charge >= 0.3 is 5.97 Å². The zero-order chi connectivity index (χ0) is 30.3. The maximum absolute atomic E-state index is 13.6. The summed E-state index contributed by atoms with van der Waals surface area (Å²) < 4.78 is 2.18. The smallest absolute Gasteiger partial charge is 0.331 e. The van der Waals surface area contributed by atoms with Gasteiger partial charge in [-0.3, -0.25) is 9.59 Å². The third-order valence-corrected chi connectivity index (χ3v) is 9.78. The first-order valence-electron chi connectivity index (χ1n) is 14.9. The fourth-order valence-electron chi connectivity index (χ4n) is 6.47. The van der Waals surface area contributed by atoms with E-state index in [0.29, 0.717) is 30.0 Å². The Bertz CT molecular complexity index is 1750. The summed E-state index contributed by atoms with van der Waals surface area (Å²) in [6.07, 6.45) is 8.34. The lowest BCUT2D eigenvalue weighted by Gasteiger charge is -2.40. The molecule has 2 aromatic heterocycles. The molecule has 2 saturated carbocycles. The second kappa shape index (κ2) is 11.4. The molecule has 2 aliphatic rings. The van der Waals surface area contributed by atoms with E-state index in [1.807, 2.05) is 19.1 Å². The second-order valence-electron chi connectivity index (χ2n) is 11.9. The lowest BCUT2D eigenvalue weighted by molar-refractivity contribution is -0.132. The minimum Gasteiger partial charge on any atom is -0.478 e. The van der Waals surface area contributed by atoms with Crippen molar-refractivity contribution >= 4 is 51.8 Å². The van der Waals surface area contributed by atoms with E-state index < -0.39 is 11.5 Å². The number of carbonyl (C=O) groups is 3. The number of benzene rings is 2. The number of thiazole rings is 1. The number of carbonyl (C=O) groups excluding carboxylic acids is 2. The van der Waals surface area contributed by atoms with Crippen molar-refractivity contribution in [1.29, 1.82) is 0 Å². The molecule has 0 radical (unpaired) electrons. The number of nitrogens with zero attached hydrogens (tertiary/aromatic N) is 2. The van der Waals surface area contributed by atoms with Gasteiger partial charge in [0.2, 0.25) is 5.91 Å². The molecule has 3 N–H and O–H groups in total. The summed E-state index contributed by atoms with van der Waals surface area (Å²) in [4.78, 5) is 43.0. The van der Waals surface area contributed by atoms with E-state index in [0.717, 1.165) is 46.7 Å². The van der Waals surface area contributed by atoms with Crippen molar-refractivity contribution in [3.63, 3.8) is 0 Å². The molecule has 0 atom stereocenters. The number of nitrogens with one attached hydrogen (secondary N) is 2. The largest absolute Gasteiger partial charge is 0.478 e. The maximum Gasteiger partial charge on any atom is 0.331 e. The van der Waals surface area contributed by atoms with Gasteiger partial charge in [-0.05, 0) is 93.3 Å². The molecule has 2 aromatic carbocycles. The standard InChI is InChI=1S/C34H36N4O4S/c1-20(32(40)41)17-22-9-12-25(13-10-22)36-33(42)34(15-6-16-34)37-31(39)24-11-14-26-28(18-24)38(3)30(27-19-43-21(2)35-27)29(26)23-7-4-5-8-23/h9-14,17-19,23H,4-8,15-16H2,1-3H3,(H,36,42)(H,37,39)(H,40,41)/b20-17+. The van der Waals surface area contributed by atoms with Crippen molar-refractivity contribution in [2.45, 2.75) is 70.3 Å². The van der Waals surface area contributed by atoms with Crippen molar-refractivity contribution in [1.82, 2.24) is 14.9 Å². The number of carboxylic acid groups (broad SMARTS) is 1. The van der Waals surface area contributed by atoms with Gasteiger partial charge in [0.15, 0.2) is 0 Å². The fraction of sp³-hybridized carbons (Fsp3) is 0.353. The van der Waals surface area contributed by atoms with Crippen LogP contribution in [0.3, 0.4) is 0 Å². The van der Waals surface area contributed by atoms with Gasteiger partial charge < -0.3 is 20.3 Å². The molecule has 2 aliphatic carbocycles. The minimum absolute atomic E-state index is 0.227. The van der Waals surface area contributed by atoms with Crippen LogP contribution in [0, 0.1) is 6.92 Å². The molecular formula is C34H36N4O4S. The predicted molar refractivity (Wildman–Crippen MR) is 170 cm³/mol. The van der Waals surface area contributed by atoms with Crippen LogP contribution in [0.5, 0.6) is 0 Å². The summed E-state index contributed by atoms with van der Waals surface area (Å²) in [6.45, 7) is 3.56. The van der Waals surface area contributed by atoms with Crippen molar-refractivity contribution in [3.05, 3.63) is 75.1 Å². The normalized spacial score (nSPS) is 16.7. The first-order chi connectivity index (χ1) is 20.6. The highest BCUT2D eigenvalue weighted by atomic mass is 32.1. The molecule has 43 heavy (non-hydrogen) atoms. The molecule has 0 unspecified atom stereocenters. The zero-order valence-electron chi connectivity index (χ0n) is 24.7. The van der Waals surface area contributed by atoms with Crippen LogP contribution >= 0.6 is 11.3 Å². The summed E-state index contributed by atoms with van der Waals surface area (Å²) in [7, 11) is 2.05. The number of aliphatic carboxylic acids is 1. The SMILES string of the molecule is C/C(=C\c1ccc(NC(=O)C2(NC(=O)c3ccc4c(C5CCCC5)c(-c5csc(C)n5)n(C)c4c3)CCC2)cc1)C(=O)O. The Labute approximate surface area is 254 Å². The fourth-order valence-corrected chi connectivity index (χ4v) is 7.07. The van der Waals surface area contributed by atoms with Gasteiger partial charge in [-0.25, -0.2) is 9.78 Å². The summed E-state index contributed by atoms with van der Waals surface area (Å²) in [5.74, 6) is -1.01. The van der Waals surface area contributed by atoms with Crippen molar-refractivity contribution in [3.8, 4) is 11.4 Å².